The zero-order chi connectivity index (χ0) is 13.3. The quantitative estimate of drug-likeness (QED) is 0.793. The average molecular weight is 270 g/mol. The number of rotatable bonds is 3. The van der Waals surface area contributed by atoms with E-state index in [4.69, 9.17) is 5.73 Å². The number of aryl methyl sites for hydroxylation is 1. The lowest BCUT2D eigenvalue weighted by atomic mass is 10.2. The van der Waals surface area contributed by atoms with Crippen molar-refractivity contribution in [3.8, 4) is 0 Å². The fourth-order valence-corrected chi connectivity index (χ4v) is 4.12. The van der Waals surface area contributed by atoms with Crippen LogP contribution in [0.15, 0.2) is 23.1 Å². The van der Waals surface area contributed by atoms with Crippen molar-refractivity contribution in [3.05, 3.63) is 23.8 Å². The summed E-state index contributed by atoms with van der Waals surface area (Å²) in [5.74, 6) is 0. The Balaban J connectivity index is 2.42. The highest BCUT2D eigenvalue weighted by atomic mass is 32.2. The topological polar surface area (TPSA) is 83.6 Å². The molecule has 0 saturated carbocycles. The molecule has 2 rings (SSSR count). The molecule has 0 amide bonds. The van der Waals surface area contributed by atoms with E-state index >= 15 is 0 Å². The Labute approximate surface area is 107 Å². The van der Waals surface area contributed by atoms with Crippen LogP contribution in [0.4, 0.5) is 5.69 Å². The molecule has 1 aliphatic rings. The third kappa shape index (κ3) is 2.23. The maximum Gasteiger partial charge on any atom is 0.245 e. The minimum Gasteiger partial charge on any atom is -0.398 e. The van der Waals surface area contributed by atoms with Gasteiger partial charge in [-0.3, -0.25) is 0 Å². The number of sulfonamides is 1. The first-order valence-electron chi connectivity index (χ1n) is 5.95. The number of hydrogen-bond donors (Lipinski definition) is 2. The average Bonchev–Trinajstić information content (AvgIpc) is 2.76. The van der Waals surface area contributed by atoms with Crippen molar-refractivity contribution >= 4 is 15.7 Å². The highest BCUT2D eigenvalue weighted by molar-refractivity contribution is 7.89. The van der Waals surface area contributed by atoms with Gasteiger partial charge >= 0.3 is 0 Å². The molecule has 0 radical (unpaired) electrons. The highest BCUT2D eigenvalue weighted by Gasteiger charge is 2.35. The monoisotopic (exact) mass is 270 g/mol. The van der Waals surface area contributed by atoms with Crippen LogP contribution >= 0.6 is 0 Å². The second-order valence-corrected chi connectivity index (χ2v) is 6.49. The molecule has 0 aliphatic carbocycles. The van der Waals surface area contributed by atoms with Crippen LogP contribution in [0.3, 0.4) is 0 Å². The smallest absolute Gasteiger partial charge is 0.245 e. The number of nitrogen functional groups attached to an aromatic ring is 1. The third-order valence-corrected chi connectivity index (χ3v) is 5.31. The largest absolute Gasteiger partial charge is 0.398 e. The molecule has 0 aromatic heterocycles. The van der Waals surface area contributed by atoms with E-state index in [-0.39, 0.29) is 23.2 Å². The molecule has 100 valence electrons. The third-order valence-electron chi connectivity index (χ3n) is 3.29. The van der Waals surface area contributed by atoms with Crippen LogP contribution in [-0.4, -0.2) is 37.0 Å². The summed E-state index contributed by atoms with van der Waals surface area (Å²) >= 11 is 0. The summed E-state index contributed by atoms with van der Waals surface area (Å²) in [6.45, 7) is 2.16. The van der Waals surface area contributed by atoms with Crippen molar-refractivity contribution in [1.82, 2.24) is 4.31 Å². The van der Waals surface area contributed by atoms with Gasteiger partial charge in [0.25, 0.3) is 0 Å². The SMILES string of the molecule is Cc1ccc(S(=O)(=O)N2CCCC2CO)c(N)c1. The van der Waals surface area contributed by atoms with Gasteiger partial charge in [0.05, 0.1) is 12.3 Å². The van der Waals surface area contributed by atoms with Crippen molar-refractivity contribution in [1.29, 1.82) is 0 Å². The van der Waals surface area contributed by atoms with Crippen LogP contribution in [0.1, 0.15) is 18.4 Å². The molecule has 5 nitrogen and oxygen atoms in total. The van der Waals surface area contributed by atoms with Gasteiger partial charge in [-0.15, -0.1) is 0 Å². The molecule has 1 atom stereocenters. The van der Waals surface area contributed by atoms with Crippen molar-refractivity contribution in [2.45, 2.75) is 30.7 Å². The summed E-state index contributed by atoms with van der Waals surface area (Å²) in [4.78, 5) is 0.133. The fourth-order valence-electron chi connectivity index (χ4n) is 2.34. The van der Waals surface area contributed by atoms with Crippen LogP contribution in [0.2, 0.25) is 0 Å². The molecular formula is C12H18N2O3S. The number of hydrogen-bond acceptors (Lipinski definition) is 4. The minimum absolute atomic E-state index is 0.133. The molecule has 1 fully saturated rings. The normalized spacial score (nSPS) is 21.3. The van der Waals surface area contributed by atoms with Gasteiger partial charge in [-0.1, -0.05) is 6.07 Å². The van der Waals surface area contributed by atoms with E-state index in [1.54, 1.807) is 12.1 Å². The Bertz CT molecular complexity index is 542. The van der Waals surface area contributed by atoms with E-state index in [0.717, 1.165) is 12.0 Å². The summed E-state index contributed by atoms with van der Waals surface area (Å²) in [5.41, 5.74) is 6.98. The maximum atomic E-state index is 12.5. The van der Waals surface area contributed by atoms with Crippen LogP contribution in [0.25, 0.3) is 0 Å². The molecule has 0 bridgehead atoms. The number of anilines is 1. The molecule has 1 unspecified atom stereocenters. The van der Waals surface area contributed by atoms with Crippen LogP contribution in [0.5, 0.6) is 0 Å². The maximum absolute atomic E-state index is 12.5. The van der Waals surface area contributed by atoms with Gasteiger partial charge in [0.1, 0.15) is 4.90 Å². The number of nitrogens with zero attached hydrogens (tertiary/aromatic N) is 1. The van der Waals surface area contributed by atoms with Crippen molar-refractivity contribution < 1.29 is 13.5 Å². The van der Waals surface area contributed by atoms with Crippen molar-refractivity contribution in [2.24, 2.45) is 0 Å². The van der Waals surface area contributed by atoms with E-state index in [9.17, 15) is 13.5 Å². The lowest BCUT2D eigenvalue weighted by Crippen LogP contribution is -2.37. The van der Waals surface area contributed by atoms with E-state index in [1.165, 1.54) is 10.4 Å². The fraction of sp³-hybridized carbons (Fsp3) is 0.500. The van der Waals surface area contributed by atoms with Crippen LogP contribution < -0.4 is 5.73 Å². The van der Waals surface area contributed by atoms with Crippen LogP contribution in [0, 0.1) is 6.92 Å². The molecule has 1 saturated heterocycles. The number of benzene rings is 1. The second-order valence-electron chi connectivity index (χ2n) is 4.64. The summed E-state index contributed by atoms with van der Waals surface area (Å²) in [6, 6.07) is 4.59. The summed E-state index contributed by atoms with van der Waals surface area (Å²) in [7, 11) is -3.60. The Morgan fingerprint density at radius 3 is 2.83 bits per heavy atom. The molecule has 1 aromatic carbocycles. The van der Waals surface area contributed by atoms with Crippen molar-refractivity contribution in [3.63, 3.8) is 0 Å². The Morgan fingerprint density at radius 1 is 1.50 bits per heavy atom. The standard InChI is InChI=1S/C12H18N2O3S/c1-9-4-5-12(11(13)7-9)18(16,17)14-6-2-3-10(14)8-15/h4-5,7,10,15H,2-3,6,8,13H2,1H3. The van der Waals surface area contributed by atoms with E-state index in [1.807, 2.05) is 6.92 Å². The lowest BCUT2D eigenvalue weighted by Gasteiger charge is -2.23. The first-order chi connectivity index (χ1) is 8.46. The zero-order valence-corrected chi connectivity index (χ0v) is 11.2. The minimum atomic E-state index is -3.60. The van der Waals surface area contributed by atoms with Gasteiger partial charge in [-0.25, -0.2) is 8.42 Å². The zero-order valence-electron chi connectivity index (χ0n) is 10.3. The Hall–Kier alpha value is -1.11. The van der Waals surface area contributed by atoms with Crippen LogP contribution in [-0.2, 0) is 10.0 Å². The van der Waals surface area contributed by atoms with Gasteiger partial charge in [0, 0.05) is 12.6 Å². The van der Waals surface area contributed by atoms with E-state index in [0.29, 0.717) is 13.0 Å². The predicted octanol–water partition coefficient (Wildman–Crippen LogP) is 0.723. The van der Waals surface area contributed by atoms with Gasteiger partial charge in [0.2, 0.25) is 10.0 Å². The summed E-state index contributed by atoms with van der Waals surface area (Å²) in [5, 5.41) is 9.22. The summed E-state index contributed by atoms with van der Waals surface area (Å²) < 4.78 is 26.3. The van der Waals surface area contributed by atoms with Gasteiger partial charge < -0.3 is 10.8 Å². The molecule has 3 N–H and O–H groups in total. The molecule has 1 aliphatic heterocycles. The number of nitrogens with two attached hydrogens (primary N) is 1. The van der Waals surface area contributed by atoms with E-state index in [2.05, 4.69) is 0 Å². The first-order valence-corrected chi connectivity index (χ1v) is 7.39. The molecule has 6 heteroatoms. The highest BCUT2D eigenvalue weighted by Crippen LogP contribution is 2.29. The van der Waals surface area contributed by atoms with E-state index < -0.39 is 10.0 Å². The molecule has 1 aromatic rings. The lowest BCUT2D eigenvalue weighted by molar-refractivity contribution is 0.213. The molecule has 1 heterocycles. The Kier molecular flexibility index (Phi) is 3.61. The van der Waals surface area contributed by atoms with Crippen molar-refractivity contribution in [2.75, 3.05) is 18.9 Å². The number of aliphatic hydroxyl groups is 1. The number of aliphatic hydroxyl groups excluding tert-OH is 1. The van der Waals surface area contributed by atoms with Gasteiger partial charge in [-0.05, 0) is 37.5 Å². The predicted molar refractivity (Wildman–Crippen MR) is 69.6 cm³/mol. The summed E-state index contributed by atoms with van der Waals surface area (Å²) in [6.07, 6.45) is 1.47. The molecule has 18 heavy (non-hydrogen) atoms. The molecule has 0 spiro atoms. The van der Waals surface area contributed by atoms with Gasteiger partial charge in [-0.2, -0.15) is 4.31 Å². The second kappa shape index (κ2) is 4.87. The Morgan fingerprint density at radius 2 is 2.22 bits per heavy atom. The molecular weight excluding hydrogens is 252 g/mol. The first kappa shape index (κ1) is 13.3. The van der Waals surface area contributed by atoms with Gasteiger partial charge in [0.15, 0.2) is 0 Å².